The second-order valence-corrected chi connectivity index (χ2v) is 6.62. The highest BCUT2D eigenvalue weighted by atomic mass is 32.2. The van der Waals surface area contributed by atoms with Crippen LogP contribution >= 0.6 is 11.8 Å². The molecule has 0 unspecified atom stereocenters. The molecular weight excluding hydrogens is 348 g/mol. The molecule has 2 aromatic carbocycles. The van der Waals surface area contributed by atoms with Crippen molar-refractivity contribution in [2.75, 3.05) is 18.7 Å². The molecule has 0 aliphatic rings. The Hall–Kier alpha value is -2.99. The molecule has 0 bridgehead atoms. The van der Waals surface area contributed by atoms with Crippen LogP contribution in [0, 0.1) is 0 Å². The van der Waals surface area contributed by atoms with Crippen molar-refractivity contribution >= 4 is 45.4 Å². The number of hydrogen-bond donors (Lipinski definition) is 1. The number of rotatable bonds is 4. The Morgan fingerprint density at radius 2 is 2.00 bits per heavy atom. The number of carbonyl (C=O) groups excluding carboxylic acids is 1. The number of anilines is 1. The summed E-state index contributed by atoms with van der Waals surface area (Å²) in [6.07, 6.45) is 1.99. The Morgan fingerprint density at radius 3 is 2.81 bits per heavy atom. The molecule has 1 amide bonds. The van der Waals surface area contributed by atoms with Gasteiger partial charge in [0.05, 0.1) is 12.6 Å². The number of ether oxygens (including phenoxy) is 1. The fourth-order valence-corrected chi connectivity index (χ4v) is 3.21. The predicted molar refractivity (Wildman–Crippen MR) is 104 cm³/mol. The van der Waals surface area contributed by atoms with Crippen LogP contribution in [-0.4, -0.2) is 24.3 Å². The molecule has 0 aliphatic carbocycles. The number of furan rings is 1. The summed E-state index contributed by atoms with van der Waals surface area (Å²) in [6, 6.07) is 16.9. The smallest absolute Gasteiger partial charge is 0.291 e. The van der Waals surface area contributed by atoms with Crippen LogP contribution in [-0.2, 0) is 0 Å². The monoisotopic (exact) mass is 364 g/mol. The molecule has 0 fully saturated rings. The summed E-state index contributed by atoms with van der Waals surface area (Å²) in [6.45, 7) is 0. The third-order valence-electron chi connectivity index (χ3n) is 4.06. The highest BCUT2D eigenvalue weighted by Crippen LogP contribution is 2.26. The zero-order chi connectivity index (χ0) is 18.1. The molecule has 4 aromatic rings. The normalized spacial score (nSPS) is 11.0. The van der Waals surface area contributed by atoms with Crippen molar-refractivity contribution in [3.63, 3.8) is 0 Å². The standard InChI is InChI=1S/C20H16N2O3S/c1-24-15-6-7-17-12(9-15)8-13-10-18(25-20(13)22-17)19(23)21-14-4-3-5-16(11-14)26-2/h3-11H,1-2H3,(H,21,23). The molecular formula is C20H16N2O3S. The van der Waals surface area contributed by atoms with E-state index in [9.17, 15) is 4.79 Å². The summed E-state index contributed by atoms with van der Waals surface area (Å²) >= 11 is 1.62. The van der Waals surface area contributed by atoms with Gasteiger partial charge in [-0.05, 0) is 54.8 Å². The maximum absolute atomic E-state index is 12.5. The second-order valence-electron chi connectivity index (χ2n) is 5.74. The molecule has 0 aliphatic heterocycles. The highest BCUT2D eigenvalue weighted by Gasteiger charge is 2.14. The van der Waals surface area contributed by atoms with E-state index in [-0.39, 0.29) is 11.7 Å². The Kier molecular flexibility index (Phi) is 4.26. The summed E-state index contributed by atoms with van der Waals surface area (Å²) in [7, 11) is 1.62. The van der Waals surface area contributed by atoms with E-state index in [1.807, 2.05) is 54.8 Å². The SMILES string of the molecule is COc1ccc2nc3oc(C(=O)Nc4cccc(SC)c4)cc3cc2c1. The van der Waals surface area contributed by atoms with Gasteiger partial charge in [-0.15, -0.1) is 11.8 Å². The van der Waals surface area contributed by atoms with Gasteiger partial charge in [-0.1, -0.05) is 6.07 Å². The van der Waals surface area contributed by atoms with Crippen LogP contribution in [0.2, 0.25) is 0 Å². The zero-order valence-corrected chi connectivity index (χ0v) is 15.1. The van der Waals surface area contributed by atoms with E-state index < -0.39 is 0 Å². The molecule has 0 saturated heterocycles. The summed E-state index contributed by atoms with van der Waals surface area (Å²) in [5.74, 6) is 0.681. The minimum Gasteiger partial charge on any atom is -0.497 e. The van der Waals surface area contributed by atoms with Crippen molar-refractivity contribution in [3.05, 3.63) is 60.4 Å². The third kappa shape index (κ3) is 3.11. The van der Waals surface area contributed by atoms with Gasteiger partial charge in [-0.25, -0.2) is 4.98 Å². The molecule has 2 heterocycles. The minimum absolute atomic E-state index is 0.226. The molecule has 1 N–H and O–H groups in total. The third-order valence-corrected chi connectivity index (χ3v) is 4.78. The van der Waals surface area contributed by atoms with Gasteiger partial charge >= 0.3 is 0 Å². The zero-order valence-electron chi connectivity index (χ0n) is 14.3. The van der Waals surface area contributed by atoms with Crippen LogP contribution in [0.25, 0.3) is 22.0 Å². The number of thioether (sulfide) groups is 1. The lowest BCUT2D eigenvalue weighted by Crippen LogP contribution is -2.10. The summed E-state index contributed by atoms with van der Waals surface area (Å²) in [4.78, 5) is 18.1. The quantitative estimate of drug-likeness (QED) is 0.518. The van der Waals surface area contributed by atoms with Gasteiger partial charge in [0.2, 0.25) is 5.71 Å². The lowest BCUT2D eigenvalue weighted by molar-refractivity contribution is 0.0998. The van der Waals surface area contributed by atoms with Gasteiger partial charge < -0.3 is 14.5 Å². The summed E-state index contributed by atoms with van der Waals surface area (Å²) < 4.78 is 10.9. The number of pyridine rings is 1. The van der Waals surface area contributed by atoms with Crippen molar-refractivity contribution < 1.29 is 13.9 Å². The van der Waals surface area contributed by atoms with Crippen molar-refractivity contribution in [1.82, 2.24) is 4.98 Å². The van der Waals surface area contributed by atoms with E-state index in [1.54, 1.807) is 24.9 Å². The van der Waals surface area contributed by atoms with E-state index in [0.29, 0.717) is 5.71 Å². The van der Waals surface area contributed by atoms with Crippen molar-refractivity contribution in [2.24, 2.45) is 0 Å². The van der Waals surface area contributed by atoms with E-state index >= 15 is 0 Å². The van der Waals surface area contributed by atoms with E-state index in [1.165, 1.54) is 0 Å². The number of hydrogen-bond acceptors (Lipinski definition) is 5. The van der Waals surface area contributed by atoms with Crippen LogP contribution in [0.1, 0.15) is 10.6 Å². The minimum atomic E-state index is -0.303. The summed E-state index contributed by atoms with van der Waals surface area (Å²) in [5.41, 5.74) is 1.95. The molecule has 0 spiro atoms. The van der Waals surface area contributed by atoms with E-state index in [0.717, 1.165) is 32.6 Å². The summed E-state index contributed by atoms with van der Waals surface area (Å²) in [5, 5.41) is 4.56. The van der Waals surface area contributed by atoms with Crippen LogP contribution in [0.4, 0.5) is 5.69 Å². The number of benzene rings is 2. The molecule has 26 heavy (non-hydrogen) atoms. The Balaban J connectivity index is 1.67. The number of aromatic nitrogens is 1. The van der Waals surface area contributed by atoms with Crippen LogP contribution < -0.4 is 10.1 Å². The van der Waals surface area contributed by atoms with Crippen molar-refractivity contribution in [3.8, 4) is 5.75 Å². The number of nitrogens with zero attached hydrogens (tertiary/aromatic N) is 1. The maximum Gasteiger partial charge on any atom is 0.291 e. The molecule has 6 heteroatoms. The molecule has 5 nitrogen and oxygen atoms in total. The Labute approximate surface area is 154 Å². The Bertz CT molecular complexity index is 1120. The second kappa shape index (κ2) is 6.72. The molecule has 0 atom stereocenters. The first-order valence-corrected chi connectivity index (χ1v) is 9.22. The fraction of sp³-hybridized carbons (Fsp3) is 0.100. The Morgan fingerprint density at radius 1 is 1.12 bits per heavy atom. The molecule has 130 valence electrons. The number of nitrogens with one attached hydrogen (secondary N) is 1. The first kappa shape index (κ1) is 16.5. The van der Waals surface area contributed by atoms with Crippen LogP contribution in [0.15, 0.2) is 63.9 Å². The van der Waals surface area contributed by atoms with Gasteiger partial charge in [0.1, 0.15) is 5.75 Å². The van der Waals surface area contributed by atoms with Gasteiger partial charge in [0.15, 0.2) is 5.76 Å². The lowest BCUT2D eigenvalue weighted by Gasteiger charge is -2.04. The first-order chi connectivity index (χ1) is 12.7. The first-order valence-electron chi connectivity index (χ1n) is 8.00. The van der Waals surface area contributed by atoms with E-state index in [4.69, 9.17) is 9.15 Å². The topological polar surface area (TPSA) is 64.4 Å². The number of amides is 1. The molecule has 0 radical (unpaired) electrons. The van der Waals surface area contributed by atoms with E-state index in [2.05, 4.69) is 10.3 Å². The number of fused-ring (bicyclic) bond motifs is 2. The average Bonchev–Trinajstić information content (AvgIpc) is 3.08. The largest absolute Gasteiger partial charge is 0.497 e. The predicted octanol–water partition coefficient (Wildman–Crippen LogP) is 4.96. The molecule has 4 rings (SSSR count). The maximum atomic E-state index is 12.5. The van der Waals surface area contributed by atoms with Crippen molar-refractivity contribution in [1.29, 1.82) is 0 Å². The highest BCUT2D eigenvalue weighted by molar-refractivity contribution is 7.98. The number of carbonyl (C=O) groups is 1. The number of methoxy groups -OCH3 is 1. The van der Waals surface area contributed by atoms with Crippen LogP contribution in [0.5, 0.6) is 5.75 Å². The van der Waals surface area contributed by atoms with Gasteiger partial charge in [-0.3, -0.25) is 4.79 Å². The molecule has 0 saturated carbocycles. The van der Waals surface area contributed by atoms with Crippen LogP contribution in [0.3, 0.4) is 0 Å². The fourth-order valence-electron chi connectivity index (χ4n) is 2.75. The van der Waals surface area contributed by atoms with Gasteiger partial charge in [0.25, 0.3) is 5.91 Å². The lowest BCUT2D eigenvalue weighted by atomic mass is 10.2. The van der Waals surface area contributed by atoms with Crippen molar-refractivity contribution in [2.45, 2.75) is 4.90 Å². The molecule has 2 aromatic heterocycles. The average molecular weight is 364 g/mol. The van der Waals surface area contributed by atoms with Gasteiger partial charge in [-0.2, -0.15) is 0 Å². The van der Waals surface area contributed by atoms with Gasteiger partial charge in [0, 0.05) is 21.4 Å².